The zero-order valence-electron chi connectivity index (χ0n) is 11.7. The summed E-state index contributed by atoms with van der Waals surface area (Å²) in [5, 5.41) is 0. The molecule has 0 aromatic carbocycles. The van der Waals surface area contributed by atoms with Crippen LogP contribution in [0.3, 0.4) is 0 Å². The van der Waals surface area contributed by atoms with Gasteiger partial charge in [-0.2, -0.15) is 13.2 Å². The van der Waals surface area contributed by atoms with Gasteiger partial charge in [-0.3, -0.25) is 9.59 Å². The van der Waals surface area contributed by atoms with Crippen molar-refractivity contribution in [2.75, 3.05) is 19.6 Å². The molecule has 21 heavy (non-hydrogen) atoms. The van der Waals surface area contributed by atoms with E-state index in [0.717, 1.165) is 17.7 Å². The van der Waals surface area contributed by atoms with Crippen LogP contribution in [-0.2, 0) is 9.59 Å². The van der Waals surface area contributed by atoms with Crippen LogP contribution in [0.5, 0.6) is 0 Å². The summed E-state index contributed by atoms with van der Waals surface area (Å²) in [6, 6.07) is -0.919. The van der Waals surface area contributed by atoms with Gasteiger partial charge in [0.15, 0.2) is 0 Å². The lowest BCUT2D eigenvalue weighted by Crippen LogP contribution is -2.51. The van der Waals surface area contributed by atoms with Crippen molar-refractivity contribution in [3.05, 3.63) is 0 Å². The average molecular weight is 304 g/mol. The van der Waals surface area contributed by atoms with Gasteiger partial charge in [0, 0.05) is 19.6 Å². The van der Waals surface area contributed by atoms with Crippen molar-refractivity contribution in [2.45, 2.75) is 44.3 Å². The van der Waals surface area contributed by atoms with Crippen molar-refractivity contribution >= 4 is 11.8 Å². The molecule has 3 aliphatic rings. The Morgan fingerprint density at radius 1 is 0.952 bits per heavy atom. The Morgan fingerprint density at radius 3 is 2.14 bits per heavy atom. The second kappa shape index (κ2) is 5.18. The largest absolute Gasteiger partial charge is 0.471 e. The molecule has 4 nitrogen and oxygen atoms in total. The molecule has 2 aliphatic heterocycles. The molecule has 0 radical (unpaired) electrons. The molecule has 2 saturated heterocycles. The van der Waals surface area contributed by atoms with Gasteiger partial charge in [-0.15, -0.1) is 0 Å². The number of carbonyl (C=O) groups is 2. The number of fused-ring (bicyclic) bond motifs is 1. The number of amides is 2. The number of carbonyl (C=O) groups excluding carboxylic acids is 2. The molecule has 3 atom stereocenters. The van der Waals surface area contributed by atoms with E-state index in [0.29, 0.717) is 37.8 Å². The Morgan fingerprint density at radius 2 is 1.57 bits per heavy atom. The summed E-state index contributed by atoms with van der Waals surface area (Å²) in [5.41, 5.74) is 0. The third-order valence-corrected chi connectivity index (χ3v) is 5.08. The lowest BCUT2D eigenvalue weighted by atomic mass is 10.0. The average Bonchev–Trinajstić information content (AvgIpc) is 3.10. The maximum absolute atomic E-state index is 12.6. The Labute approximate surface area is 121 Å². The number of halogens is 3. The first-order valence-corrected chi connectivity index (χ1v) is 7.54. The summed E-state index contributed by atoms with van der Waals surface area (Å²) < 4.78 is 37.8. The van der Waals surface area contributed by atoms with Gasteiger partial charge in [-0.05, 0) is 37.5 Å². The SMILES string of the molecule is O=C(C1CCCN1C(=O)C(F)(F)F)N1CC2CCCC2C1. The fourth-order valence-electron chi connectivity index (χ4n) is 4.06. The minimum atomic E-state index is -4.90. The summed E-state index contributed by atoms with van der Waals surface area (Å²) >= 11 is 0. The van der Waals surface area contributed by atoms with Gasteiger partial charge in [0.2, 0.25) is 5.91 Å². The van der Waals surface area contributed by atoms with Crippen molar-refractivity contribution < 1.29 is 22.8 Å². The van der Waals surface area contributed by atoms with E-state index >= 15 is 0 Å². The van der Waals surface area contributed by atoms with Crippen molar-refractivity contribution in [3.8, 4) is 0 Å². The lowest BCUT2D eigenvalue weighted by Gasteiger charge is -2.28. The maximum Gasteiger partial charge on any atom is 0.471 e. The molecule has 2 heterocycles. The fraction of sp³-hybridized carbons (Fsp3) is 0.857. The van der Waals surface area contributed by atoms with Gasteiger partial charge < -0.3 is 9.80 Å². The monoisotopic (exact) mass is 304 g/mol. The molecule has 0 aromatic rings. The van der Waals surface area contributed by atoms with E-state index in [-0.39, 0.29) is 12.5 Å². The smallest absolute Gasteiger partial charge is 0.340 e. The first-order valence-electron chi connectivity index (χ1n) is 7.54. The number of likely N-dealkylation sites (tertiary alicyclic amines) is 2. The molecule has 2 amide bonds. The number of hydrogen-bond donors (Lipinski definition) is 0. The number of rotatable bonds is 1. The molecule has 0 bridgehead atoms. The number of alkyl halides is 3. The second-order valence-electron chi connectivity index (χ2n) is 6.35. The van der Waals surface area contributed by atoms with E-state index in [1.54, 1.807) is 4.90 Å². The van der Waals surface area contributed by atoms with E-state index in [4.69, 9.17) is 0 Å². The van der Waals surface area contributed by atoms with Crippen LogP contribution in [0, 0.1) is 11.8 Å². The Hall–Kier alpha value is -1.27. The van der Waals surface area contributed by atoms with E-state index in [9.17, 15) is 22.8 Å². The normalized spacial score (nSPS) is 32.6. The van der Waals surface area contributed by atoms with Crippen LogP contribution in [-0.4, -0.2) is 53.5 Å². The summed E-state index contributed by atoms with van der Waals surface area (Å²) in [5.74, 6) is -1.17. The molecule has 3 fully saturated rings. The van der Waals surface area contributed by atoms with Gasteiger partial charge in [-0.25, -0.2) is 0 Å². The predicted octanol–water partition coefficient (Wildman–Crippen LogP) is 1.80. The van der Waals surface area contributed by atoms with Crippen LogP contribution >= 0.6 is 0 Å². The minimum Gasteiger partial charge on any atom is -0.340 e. The molecule has 0 spiro atoms. The molecular weight excluding hydrogens is 285 g/mol. The van der Waals surface area contributed by atoms with Crippen LogP contribution < -0.4 is 0 Å². The highest BCUT2D eigenvalue weighted by molar-refractivity contribution is 5.90. The van der Waals surface area contributed by atoms with Crippen molar-refractivity contribution in [1.82, 2.24) is 9.80 Å². The third-order valence-electron chi connectivity index (χ3n) is 5.08. The van der Waals surface area contributed by atoms with E-state index in [2.05, 4.69) is 0 Å². The first-order chi connectivity index (χ1) is 9.88. The molecule has 1 saturated carbocycles. The fourth-order valence-corrected chi connectivity index (χ4v) is 4.06. The van der Waals surface area contributed by atoms with Gasteiger partial charge in [0.05, 0.1) is 0 Å². The van der Waals surface area contributed by atoms with Crippen LogP contribution in [0.1, 0.15) is 32.1 Å². The molecule has 0 N–H and O–H groups in total. The van der Waals surface area contributed by atoms with Gasteiger partial charge in [0.1, 0.15) is 6.04 Å². The molecule has 1 aliphatic carbocycles. The Bertz CT molecular complexity index is 440. The van der Waals surface area contributed by atoms with Gasteiger partial charge >= 0.3 is 12.1 Å². The zero-order valence-corrected chi connectivity index (χ0v) is 11.7. The van der Waals surface area contributed by atoms with Gasteiger partial charge in [-0.1, -0.05) is 6.42 Å². The summed E-state index contributed by atoms with van der Waals surface area (Å²) in [7, 11) is 0. The highest BCUT2D eigenvalue weighted by atomic mass is 19.4. The van der Waals surface area contributed by atoms with Crippen LogP contribution in [0.15, 0.2) is 0 Å². The standard InChI is InChI=1S/C14H19F3N2O2/c15-14(16,17)13(21)19-6-2-5-11(19)12(20)18-7-9-3-1-4-10(9)8-18/h9-11H,1-8H2. The quantitative estimate of drug-likeness (QED) is 0.741. The first kappa shape index (κ1) is 14.7. The third kappa shape index (κ3) is 2.62. The predicted molar refractivity (Wildman–Crippen MR) is 68.2 cm³/mol. The molecular formula is C14H19F3N2O2. The van der Waals surface area contributed by atoms with E-state index in [1.807, 2.05) is 0 Å². The topological polar surface area (TPSA) is 40.6 Å². The molecule has 118 valence electrons. The number of hydrogen-bond acceptors (Lipinski definition) is 2. The highest BCUT2D eigenvalue weighted by Gasteiger charge is 2.49. The van der Waals surface area contributed by atoms with Crippen molar-refractivity contribution in [2.24, 2.45) is 11.8 Å². The van der Waals surface area contributed by atoms with Crippen molar-refractivity contribution in [3.63, 3.8) is 0 Å². The summed E-state index contributed by atoms with van der Waals surface area (Å²) in [6.45, 7) is 1.32. The minimum absolute atomic E-state index is 0.0233. The maximum atomic E-state index is 12.6. The Kier molecular flexibility index (Phi) is 3.61. The van der Waals surface area contributed by atoms with Crippen LogP contribution in [0.4, 0.5) is 13.2 Å². The zero-order chi connectivity index (χ0) is 15.2. The number of nitrogens with zero attached hydrogens (tertiary/aromatic N) is 2. The molecule has 0 aromatic heterocycles. The molecule has 7 heteroatoms. The van der Waals surface area contributed by atoms with E-state index < -0.39 is 18.1 Å². The Balaban J connectivity index is 1.68. The highest BCUT2D eigenvalue weighted by Crippen LogP contribution is 2.38. The van der Waals surface area contributed by atoms with Gasteiger partial charge in [0.25, 0.3) is 0 Å². The second-order valence-corrected chi connectivity index (χ2v) is 6.35. The van der Waals surface area contributed by atoms with E-state index in [1.165, 1.54) is 6.42 Å². The molecule has 3 unspecified atom stereocenters. The summed E-state index contributed by atoms with van der Waals surface area (Å²) in [4.78, 5) is 26.3. The van der Waals surface area contributed by atoms with Crippen molar-refractivity contribution in [1.29, 1.82) is 0 Å². The summed E-state index contributed by atoms with van der Waals surface area (Å²) in [6.07, 6.45) is -0.718. The van der Waals surface area contributed by atoms with Crippen LogP contribution in [0.25, 0.3) is 0 Å². The molecule has 3 rings (SSSR count). The van der Waals surface area contributed by atoms with Crippen LogP contribution in [0.2, 0.25) is 0 Å². The lowest BCUT2D eigenvalue weighted by molar-refractivity contribution is -0.187.